The van der Waals surface area contributed by atoms with E-state index in [1.165, 1.54) is 0 Å². The molecule has 2 amide bonds. The first-order valence-corrected chi connectivity index (χ1v) is 6.29. The third kappa shape index (κ3) is 2.21. The second kappa shape index (κ2) is 4.66. The fourth-order valence-corrected chi connectivity index (χ4v) is 2.36. The minimum absolute atomic E-state index is 0.124. The summed E-state index contributed by atoms with van der Waals surface area (Å²) in [5.41, 5.74) is 4.42. The van der Waals surface area contributed by atoms with Crippen molar-refractivity contribution in [3.63, 3.8) is 0 Å². The van der Waals surface area contributed by atoms with Crippen molar-refractivity contribution in [2.45, 2.75) is 32.1 Å². The highest BCUT2D eigenvalue weighted by Crippen LogP contribution is 2.32. The maximum absolute atomic E-state index is 11.8. The summed E-state index contributed by atoms with van der Waals surface area (Å²) in [6, 6.07) is 5.77. The molecule has 5 nitrogen and oxygen atoms in total. The van der Waals surface area contributed by atoms with E-state index >= 15 is 0 Å². The topological polar surface area (TPSA) is 75.4 Å². The predicted octanol–water partition coefficient (Wildman–Crippen LogP) is 0.863. The number of nitrogens with one attached hydrogen (secondary N) is 1. The van der Waals surface area contributed by atoms with Crippen molar-refractivity contribution >= 4 is 17.5 Å². The van der Waals surface area contributed by atoms with Crippen LogP contribution in [0, 0.1) is 0 Å². The highest BCUT2D eigenvalue weighted by Gasteiger charge is 2.31. The van der Waals surface area contributed by atoms with Gasteiger partial charge in [0, 0.05) is 19.2 Å². The van der Waals surface area contributed by atoms with Crippen LogP contribution in [0.3, 0.4) is 0 Å². The van der Waals surface area contributed by atoms with Gasteiger partial charge in [0.15, 0.2) is 0 Å². The van der Waals surface area contributed by atoms with E-state index < -0.39 is 5.41 Å². The molecule has 0 saturated carbocycles. The number of nitrogens with two attached hydrogens (primary N) is 1. The molecule has 0 spiro atoms. The van der Waals surface area contributed by atoms with Crippen molar-refractivity contribution in [1.82, 2.24) is 5.43 Å². The van der Waals surface area contributed by atoms with Gasteiger partial charge >= 0.3 is 0 Å². The Balaban J connectivity index is 2.42. The standard InChI is InChI=1S/C14H19N3O2/c1-14(2,13(19)16-15)10-5-6-11-9(8-10)4-7-12(18)17(11)3/h5-6,8H,4,7,15H2,1-3H3,(H,16,19). The second-order valence-electron chi connectivity index (χ2n) is 5.39. The summed E-state index contributed by atoms with van der Waals surface area (Å²) < 4.78 is 0. The summed E-state index contributed by atoms with van der Waals surface area (Å²) in [6.45, 7) is 3.66. The van der Waals surface area contributed by atoms with Crippen molar-refractivity contribution in [3.8, 4) is 0 Å². The van der Waals surface area contributed by atoms with Crippen LogP contribution in [-0.2, 0) is 21.4 Å². The highest BCUT2D eigenvalue weighted by molar-refractivity contribution is 5.96. The molecule has 1 heterocycles. The Morgan fingerprint density at radius 1 is 1.37 bits per heavy atom. The molecule has 0 bridgehead atoms. The van der Waals surface area contributed by atoms with Crippen LogP contribution >= 0.6 is 0 Å². The number of hydrazine groups is 1. The zero-order chi connectivity index (χ0) is 14.2. The molecule has 0 aliphatic carbocycles. The van der Waals surface area contributed by atoms with Crippen molar-refractivity contribution in [2.75, 3.05) is 11.9 Å². The number of nitrogens with zero attached hydrogens (tertiary/aromatic N) is 1. The molecule has 102 valence electrons. The maximum Gasteiger partial charge on any atom is 0.243 e. The Kier molecular flexibility index (Phi) is 3.32. The van der Waals surface area contributed by atoms with E-state index in [0.717, 1.165) is 16.8 Å². The molecule has 0 radical (unpaired) electrons. The first-order chi connectivity index (χ1) is 8.87. The van der Waals surface area contributed by atoms with Gasteiger partial charge in [0.05, 0.1) is 5.41 Å². The Morgan fingerprint density at radius 2 is 2.05 bits per heavy atom. The Morgan fingerprint density at radius 3 is 2.68 bits per heavy atom. The molecule has 0 saturated heterocycles. The number of hydrogen-bond acceptors (Lipinski definition) is 3. The molecular formula is C14H19N3O2. The third-order valence-electron chi connectivity index (χ3n) is 3.84. The number of rotatable bonds is 2. The second-order valence-corrected chi connectivity index (χ2v) is 5.39. The number of anilines is 1. The molecule has 1 aliphatic heterocycles. The Hall–Kier alpha value is -1.88. The van der Waals surface area contributed by atoms with Crippen LogP contribution in [0.2, 0.25) is 0 Å². The molecule has 1 aliphatic rings. The van der Waals surface area contributed by atoms with Gasteiger partial charge in [0.2, 0.25) is 11.8 Å². The minimum atomic E-state index is -0.691. The molecular weight excluding hydrogens is 242 g/mol. The molecule has 1 aromatic rings. The largest absolute Gasteiger partial charge is 0.315 e. The molecule has 5 heteroatoms. The zero-order valence-corrected chi connectivity index (χ0v) is 11.5. The number of aryl methyl sites for hydroxylation is 1. The SMILES string of the molecule is CN1C(=O)CCc2cc(C(C)(C)C(=O)NN)ccc21. The van der Waals surface area contributed by atoms with E-state index in [9.17, 15) is 9.59 Å². The lowest BCUT2D eigenvalue weighted by molar-refractivity contribution is -0.125. The fraction of sp³-hybridized carbons (Fsp3) is 0.429. The molecule has 19 heavy (non-hydrogen) atoms. The number of hydrogen-bond donors (Lipinski definition) is 2. The van der Waals surface area contributed by atoms with Crippen molar-refractivity contribution in [1.29, 1.82) is 0 Å². The van der Waals surface area contributed by atoms with Crippen molar-refractivity contribution in [2.24, 2.45) is 5.84 Å². The van der Waals surface area contributed by atoms with E-state index in [1.54, 1.807) is 11.9 Å². The molecule has 0 unspecified atom stereocenters. The van der Waals surface area contributed by atoms with E-state index in [2.05, 4.69) is 5.43 Å². The summed E-state index contributed by atoms with van der Waals surface area (Å²) in [7, 11) is 1.78. The molecule has 0 atom stereocenters. The molecule has 1 aromatic carbocycles. The lowest BCUT2D eigenvalue weighted by Gasteiger charge is -2.29. The maximum atomic E-state index is 11.8. The average Bonchev–Trinajstić information content (AvgIpc) is 2.41. The van der Waals surface area contributed by atoms with E-state index in [-0.39, 0.29) is 11.8 Å². The van der Waals surface area contributed by atoms with Crippen LogP contribution in [0.15, 0.2) is 18.2 Å². The highest BCUT2D eigenvalue weighted by atomic mass is 16.2. The number of amides is 2. The van der Waals surface area contributed by atoms with Gasteiger partial charge < -0.3 is 4.90 Å². The molecule has 0 fully saturated rings. The Labute approximate surface area is 112 Å². The fourth-order valence-electron chi connectivity index (χ4n) is 2.36. The lowest BCUT2D eigenvalue weighted by atomic mass is 9.82. The van der Waals surface area contributed by atoms with Gasteiger partial charge in [-0.2, -0.15) is 0 Å². The van der Waals surface area contributed by atoms with Crippen molar-refractivity contribution in [3.05, 3.63) is 29.3 Å². The van der Waals surface area contributed by atoms with E-state index in [1.807, 2.05) is 32.0 Å². The summed E-state index contributed by atoms with van der Waals surface area (Å²) in [5, 5.41) is 0. The predicted molar refractivity (Wildman–Crippen MR) is 73.5 cm³/mol. The van der Waals surface area contributed by atoms with Crippen LogP contribution in [0.4, 0.5) is 5.69 Å². The van der Waals surface area contributed by atoms with Crippen LogP contribution in [0.5, 0.6) is 0 Å². The summed E-state index contributed by atoms with van der Waals surface area (Å²) in [6.07, 6.45) is 1.23. The molecule has 2 rings (SSSR count). The van der Waals surface area contributed by atoms with Crippen LogP contribution in [0.1, 0.15) is 31.4 Å². The van der Waals surface area contributed by atoms with Crippen LogP contribution in [0.25, 0.3) is 0 Å². The van der Waals surface area contributed by atoms with Crippen molar-refractivity contribution < 1.29 is 9.59 Å². The first-order valence-electron chi connectivity index (χ1n) is 6.29. The van der Waals surface area contributed by atoms with Gasteiger partial charge in [-0.1, -0.05) is 12.1 Å². The lowest BCUT2D eigenvalue weighted by Crippen LogP contribution is -2.43. The minimum Gasteiger partial charge on any atom is -0.315 e. The zero-order valence-electron chi connectivity index (χ0n) is 11.5. The van der Waals surface area contributed by atoms with Crippen LogP contribution < -0.4 is 16.2 Å². The first kappa shape index (κ1) is 13.5. The number of carbonyl (C=O) groups excluding carboxylic acids is 2. The van der Waals surface area contributed by atoms with Gasteiger partial charge in [0.25, 0.3) is 0 Å². The summed E-state index contributed by atoms with van der Waals surface area (Å²) in [5.74, 6) is 5.12. The van der Waals surface area contributed by atoms with Gasteiger partial charge in [-0.15, -0.1) is 0 Å². The van der Waals surface area contributed by atoms with Gasteiger partial charge in [0.1, 0.15) is 0 Å². The quantitative estimate of drug-likeness (QED) is 0.471. The van der Waals surface area contributed by atoms with E-state index in [4.69, 9.17) is 5.84 Å². The average molecular weight is 261 g/mol. The normalized spacial score (nSPS) is 15.2. The summed E-state index contributed by atoms with van der Waals surface area (Å²) in [4.78, 5) is 25.1. The number of fused-ring (bicyclic) bond motifs is 1. The monoisotopic (exact) mass is 261 g/mol. The van der Waals surface area contributed by atoms with Gasteiger partial charge in [-0.05, 0) is 37.5 Å². The number of carbonyl (C=O) groups is 2. The number of benzene rings is 1. The molecule has 0 aromatic heterocycles. The smallest absolute Gasteiger partial charge is 0.243 e. The van der Waals surface area contributed by atoms with E-state index in [0.29, 0.717) is 12.8 Å². The third-order valence-corrected chi connectivity index (χ3v) is 3.84. The Bertz CT molecular complexity index is 537. The molecule has 3 N–H and O–H groups in total. The van der Waals surface area contributed by atoms with Gasteiger partial charge in [-0.3, -0.25) is 15.0 Å². The van der Waals surface area contributed by atoms with Crippen LogP contribution in [-0.4, -0.2) is 18.9 Å². The summed E-state index contributed by atoms with van der Waals surface area (Å²) >= 11 is 0. The van der Waals surface area contributed by atoms with Gasteiger partial charge in [-0.25, -0.2) is 5.84 Å².